The maximum absolute atomic E-state index is 13.3. The molecule has 1 aromatic carbocycles. The van der Waals surface area contributed by atoms with Crippen LogP contribution >= 0.6 is 0 Å². The van der Waals surface area contributed by atoms with Gasteiger partial charge in [0, 0.05) is 13.7 Å². The number of aromatic nitrogens is 2. The molecule has 1 saturated heterocycles. The Labute approximate surface area is 149 Å². The second-order valence-electron chi connectivity index (χ2n) is 7.54. The van der Waals surface area contributed by atoms with Gasteiger partial charge in [-0.15, -0.1) is 0 Å². The summed E-state index contributed by atoms with van der Waals surface area (Å²) in [5.74, 6) is 1.19. The van der Waals surface area contributed by atoms with E-state index in [4.69, 9.17) is 4.74 Å². The number of nitrogens with one attached hydrogen (secondary N) is 2. The molecule has 0 spiro atoms. The highest BCUT2D eigenvalue weighted by atomic mass is 32.2. The van der Waals surface area contributed by atoms with Gasteiger partial charge in [-0.3, -0.25) is 9.78 Å². The summed E-state index contributed by atoms with van der Waals surface area (Å²) in [4.78, 5) is 28.1. The highest BCUT2D eigenvalue weighted by Crippen LogP contribution is 2.56. The molecule has 5 unspecified atom stereocenters. The van der Waals surface area contributed by atoms with E-state index in [0.29, 0.717) is 29.8 Å². The van der Waals surface area contributed by atoms with Crippen molar-refractivity contribution in [3.05, 3.63) is 39.0 Å². The van der Waals surface area contributed by atoms with E-state index in [1.54, 1.807) is 11.4 Å². The van der Waals surface area contributed by atoms with Gasteiger partial charge in [0.05, 0.1) is 27.9 Å². The van der Waals surface area contributed by atoms with Gasteiger partial charge in [0.2, 0.25) is 10.0 Å². The van der Waals surface area contributed by atoms with E-state index in [-0.39, 0.29) is 22.4 Å². The number of hydrogen-bond donors (Lipinski definition) is 2. The molecule has 1 aromatic heterocycles. The van der Waals surface area contributed by atoms with E-state index in [9.17, 15) is 18.0 Å². The van der Waals surface area contributed by atoms with Gasteiger partial charge >= 0.3 is 5.69 Å². The van der Waals surface area contributed by atoms with Crippen molar-refractivity contribution >= 4 is 20.9 Å². The lowest BCUT2D eigenvalue weighted by atomic mass is 9.88. The molecule has 2 N–H and O–H groups in total. The first kappa shape index (κ1) is 16.2. The largest absolute Gasteiger partial charge is 0.379 e. The summed E-state index contributed by atoms with van der Waals surface area (Å²) in [5.41, 5.74) is -0.901. The Bertz CT molecular complexity index is 1120. The molecule has 0 radical (unpaired) electrons. The van der Waals surface area contributed by atoms with Crippen LogP contribution in [-0.4, -0.2) is 48.5 Å². The van der Waals surface area contributed by atoms with Crippen molar-refractivity contribution in [3.63, 3.8) is 0 Å². The van der Waals surface area contributed by atoms with Gasteiger partial charge in [-0.05, 0) is 48.8 Å². The third kappa shape index (κ3) is 2.04. The quantitative estimate of drug-likeness (QED) is 0.797. The number of sulfonamides is 1. The zero-order chi connectivity index (χ0) is 18.2. The molecule has 138 valence electrons. The molecule has 3 fully saturated rings. The minimum absolute atomic E-state index is 0.0614. The van der Waals surface area contributed by atoms with Crippen LogP contribution in [0.3, 0.4) is 0 Å². The van der Waals surface area contributed by atoms with E-state index in [1.807, 2.05) is 0 Å². The van der Waals surface area contributed by atoms with E-state index < -0.39 is 21.3 Å². The van der Waals surface area contributed by atoms with Crippen molar-refractivity contribution in [1.82, 2.24) is 14.3 Å². The van der Waals surface area contributed by atoms with E-state index >= 15 is 0 Å². The van der Waals surface area contributed by atoms with Crippen molar-refractivity contribution in [2.24, 2.45) is 17.8 Å². The van der Waals surface area contributed by atoms with Gasteiger partial charge < -0.3 is 9.72 Å². The Hall–Kier alpha value is -1.97. The standard InChI is InChI=1S/C17H19N3O5S/c1-25-15-8-4-9-7-20(14(15)11(9)5-8)26(23,24)10-2-3-13-12(6-10)16(21)19-17(22)18-13/h2-3,6,8-9,11,14-15H,4-5,7H2,1H3,(H2,18,19,21,22). The molecule has 5 rings (SSSR count). The van der Waals surface area contributed by atoms with Crippen LogP contribution in [0.1, 0.15) is 12.8 Å². The fourth-order valence-corrected chi connectivity index (χ4v) is 7.14. The summed E-state index contributed by atoms with van der Waals surface area (Å²) >= 11 is 0. The molecule has 9 heteroatoms. The van der Waals surface area contributed by atoms with Crippen LogP contribution in [0, 0.1) is 17.8 Å². The van der Waals surface area contributed by atoms with Crippen molar-refractivity contribution in [1.29, 1.82) is 0 Å². The number of fused-ring (bicyclic) bond motifs is 2. The molecule has 2 bridgehead atoms. The fourth-order valence-electron chi connectivity index (χ4n) is 5.38. The molecule has 2 aliphatic carbocycles. The molecule has 2 aromatic rings. The smallest absolute Gasteiger partial charge is 0.326 e. The zero-order valence-corrected chi connectivity index (χ0v) is 15.0. The molecule has 26 heavy (non-hydrogen) atoms. The monoisotopic (exact) mass is 377 g/mol. The molecule has 5 atom stereocenters. The van der Waals surface area contributed by atoms with Crippen LogP contribution in [0.4, 0.5) is 0 Å². The first-order valence-corrected chi connectivity index (χ1v) is 10.1. The molecule has 2 heterocycles. The maximum atomic E-state index is 13.3. The topological polar surface area (TPSA) is 112 Å². The van der Waals surface area contributed by atoms with Crippen LogP contribution in [0.2, 0.25) is 0 Å². The Balaban J connectivity index is 1.61. The number of benzene rings is 1. The third-order valence-corrected chi connectivity index (χ3v) is 8.22. The summed E-state index contributed by atoms with van der Waals surface area (Å²) in [5, 5.41) is 0.153. The summed E-state index contributed by atoms with van der Waals surface area (Å²) in [6.45, 7) is 0.508. The van der Waals surface area contributed by atoms with Gasteiger partial charge in [0.1, 0.15) is 0 Å². The van der Waals surface area contributed by atoms with Crippen LogP contribution < -0.4 is 11.2 Å². The van der Waals surface area contributed by atoms with E-state index in [1.165, 1.54) is 18.2 Å². The highest BCUT2D eigenvalue weighted by molar-refractivity contribution is 7.89. The van der Waals surface area contributed by atoms with Crippen LogP contribution in [0.25, 0.3) is 10.9 Å². The molecule has 0 amide bonds. The maximum Gasteiger partial charge on any atom is 0.326 e. The molecular formula is C17H19N3O5S. The van der Waals surface area contributed by atoms with Gasteiger partial charge in [0.25, 0.3) is 5.56 Å². The van der Waals surface area contributed by atoms with Crippen molar-refractivity contribution < 1.29 is 13.2 Å². The van der Waals surface area contributed by atoms with E-state index in [2.05, 4.69) is 9.97 Å². The van der Waals surface area contributed by atoms with Crippen molar-refractivity contribution in [2.75, 3.05) is 13.7 Å². The molecule has 1 aliphatic heterocycles. The Morgan fingerprint density at radius 1 is 1.15 bits per heavy atom. The minimum Gasteiger partial charge on any atom is -0.379 e. The average Bonchev–Trinajstić information content (AvgIpc) is 3.21. The number of aromatic amines is 2. The SMILES string of the molecule is COC1C2CC3CN(S(=O)(=O)c4ccc5[nH]c(=O)[nH]c(=O)c5c4)C1C3C2. The van der Waals surface area contributed by atoms with E-state index in [0.717, 1.165) is 12.8 Å². The summed E-state index contributed by atoms with van der Waals surface area (Å²) in [6.07, 6.45) is 1.98. The fraction of sp³-hybridized carbons (Fsp3) is 0.529. The molecule has 8 nitrogen and oxygen atoms in total. The number of methoxy groups -OCH3 is 1. The third-order valence-electron chi connectivity index (χ3n) is 6.36. The molecule has 2 saturated carbocycles. The number of nitrogens with zero attached hydrogens (tertiary/aromatic N) is 1. The predicted molar refractivity (Wildman–Crippen MR) is 93.4 cm³/mol. The normalized spacial score (nSPS) is 33.3. The Morgan fingerprint density at radius 3 is 2.73 bits per heavy atom. The zero-order valence-electron chi connectivity index (χ0n) is 14.1. The summed E-state index contributed by atoms with van der Waals surface area (Å²) in [6, 6.07) is 4.13. The van der Waals surface area contributed by atoms with Crippen LogP contribution in [0.15, 0.2) is 32.7 Å². The minimum atomic E-state index is -3.75. The second-order valence-corrected chi connectivity index (χ2v) is 9.43. The number of hydrogen-bond acceptors (Lipinski definition) is 5. The molecule has 3 aliphatic rings. The molecular weight excluding hydrogens is 358 g/mol. The lowest BCUT2D eigenvalue weighted by molar-refractivity contribution is 0.0265. The average molecular weight is 377 g/mol. The van der Waals surface area contributed by atoms with Crippen LogP contribution in [0.5, 0.6) is 0 Å². The lowest BCUT2D eigenvalue weighted by Gasteiger charge is -2.30. The number of ether oxygens (including phenoxy) is 1. The first-order chi connectivity index (χ1) is 12.4. The number of rotatable bonds is 3. The van der Waals surface area contributed by atoms with Gasteiger partial charge in [0.15, 0.2) is 0 Å². The second kappa shape index (κ2) is 5.28. The predicted octanol–water partition coefficient (Wildman–Crippen LogP) is 0.260. The van der Waals surface area contributed by atoms with Crippen molar-refractivity contribution in [2.45, 2.75) is 29.9 Å². The summed E-state index contributed by atoms with van der Waals surface area (Å²) in [7, 11) is -2.10. The highest BCUT2D eigenvalue weighted by Gasteiger charge is 2.62. The number of H-pyrrole nitrogens is 2. The van der Waals surface area contributed by atoms with Gasteiger partial charge in [-0.2, -0.15) is 4.31 Å². The van der Waals surface area contributed by atoms with Gasteiger partial charge in [-0.25, -0.2) is 13.2 Å². The van der Waals surface area contributed by atoms with Gasteiger partial charge in [-0.1, -0.05) is 0 Å². The van der Waals surface area contributed by atoms with Crippen molar-refractivity contribution in [3.8, 4) is 0 Å². The first-order valence-electron chi connectivity index (χ1n) is 8.71. The Kier molecular flexibility index (Phi) is 3.29. The lowest BCUT2D eigenvalue weighted by Crippen LogP contribution is -2.44. The van der Waals surface area contributed by atoms with Crippen LogP contribution in [-0.2, 0) is 14.8 Å². The Morgan fingerprint density at radius 2 is 1.96 bits per heavy atom. The summed E-state index contributed by atoms with van der Waals surface area (Å²) < 4.78 is 33.8.